The fraction of sp³-hybridized carbons (Fsp3) is 0.684. The first-order chi connectivity index (χ1) is 14.0. The summed E-state index contributed by atoms with van der Waals surface area (Å²) in [5.74, 6) is 0. The summed E-state index contributed by atoms with van der Waals surface area (Å²) in [5, 5.41) is 13.0. The maximum Gasteiger partial charge on any atom is 0.376 e. The van der Waals surface area contributed by atoms with E-state index in [1.54, 1.807) is 6.20 Å². The third-order valence-electron chi connectivity index (χ3n) is 5.94. The Morgan fingerprint density at radius 2 is 1.59 bits per heavy atom. The largest absolute Gasteiger partial charge is 0.437 e. The SMILES string of the molecule is CB(O)N1CCN(C)[C@@H](Cn2ccnc2)C1.CN1CCNC[C@@H]1Cn1ccnc1. The van der Waals surface area contributed by atoms with Gasteiger partial charge in [0, 0.05) is 89.2 Å². The number of nitrogens with one attached hydrogen (secondary N) is 1. The molecule has 2 saturated heterocycles. The lowest BCUT2D eigenvalue weighted by molar-refractivity contribution is 0.123. The molecule has 2 aromatic rings. The highest BCUT2D eigenvalue weighted by atomic mass is 16.2. The molecule has 29 heavy (non-hydrogen) atoms. The number of imidazole rings is 2. The van der Waals surface area contributed by atoms with Crippen molar-refractivity contribution in [3.8, 4) is 0 Å². The number of hydrogen-bond donors (Lipinski definition) is 2. The van der Waals surface area contributed by atoms with Crippen LogP contribution in [0.3, 0.4) is 0 Å². The van der Waals surface area contributed by atoms with E-state index in [1.165, 1.54) is 0 Å². The molecule has 0 aliphatic carbocycles. The van der Waals surface area contributed by atoms with Crippen LogP contribution in [0.2, 0.25) is 6.82 Å². The van der Waals surface area contributed by atoms with E-state index in [0.29, 0.717) is 12.1 Å². The molecule has 4 heterocycles. The van der Waals surface area contributed by atoms with Crippen LogP contribution in [-0.2, 0) is 13.1 Å². The number of likely N-dealkylation sites (N-methyl/N-ethyl adjacent to an activating group) is 2. The van der Waals surface area contributed by atoms with E-state index in [2.05, 4.69) is 53.1 Å². The summed E-state index contributed by atoms with van der Waals surface area (Å²) in [7, 11) is 3.97. The van der Waals surface area contributed by atoms with Crippen molar-refractivity contribution in [2.24, 2.45) is 0 Å². The van der Waals surface area contributed by atoms with Crippen molar-refractivity contribution in [3.63, 3.8) is 0 Å². The van der Waals surface area contributed by atoms with Crippen molar-refractivity contribution >= 4 is 7.05 Å². The van der Waals surface area contributed by atoms with Crippen molar-refractivity contribution in [1.29, 1.82) is 0 Å². The molecule has 2 atom stereocenters. The van der Waals surface area contributed by atoms with Gasteiger partial charge in [-0.15, -0.1) is 0 Å². The average molecular weight is 402 g/mol. The van der Waals surface area contributed by atoms with E-state index in [1.807, 2.05) is 38.1 Å². The van der Waals surface area contributed by atoms with Gasteiger partial charge in [-0.2, -0.15) is 0 Å². The zero-order chi connectivity index (χ0) is 20.6. The van der Waals surface area contributed by atoms with Crippen molar-refractivity contribution < 1.29 is 5.02 Å². The molecule has 0 spiro atoms. The summed E-state index contributed by atoms with van der Waals surface area (Å²) in [6, 6.07) is 1.04. The molecule has 2 aliphatic heterocycles. The maximum atomic E-state index is 9.60. The highest BCUT2D eigenvalue weighted by molar-refractivity contribution is 6.45. The third-order valence-corrected chi connectivity index (χ3v) is 5.94. The van der Waals surface area contributed by atoms with Gasteiger partial charge in [-0.1, -0.05) is 0 Å². The number of aromatic nitrogens is 4. The minimum atomic E-state index is -0.348. The number of rotatable bonds is 5. The lowest BCUT2D eigenvalue weighted by Gasteiger charge is -2.40. The van der Waals surface area contributed by atoms with Gasteiger partial charge in [0.25, 0.3) is 0 Å². The van der Waals surface area contributed by atoms with Crippen LogP contribution in [0.25, 0.3) is 0 Å². The van der Waals surface area contributed by atoms with Crippen LogP contribution in [0.1, 0.15) is 0 Å². The van der Waals surface area contributed by atoms with Gasteiger partial charge < -0.3 is 24.3 Å². The molecule has 0 saturated carbocycles. The Bertz CT molecular complexity index is 680. The summed E-state index contributed by atoms with van der Waals surface area (Å²) < 4.78 is 4.22. The highest BCUT2D eigenvalue weighted by Crippen LogP contribution is 2.10. The van der Waals surface area contributed by atoms with Crippen molar-refractivity contribution in [1.82, 2.24) is 39.0 Å². The zero-order valence-electron chi connectivity index (χ0n) is 17.9. The lowest BCUT2D eigenvalue weighted by Crippen LogP contribution is -2.56. The molecule has 2 aliphatic rings. The molecule has 0 bridgehead atoms. The van der Waals surface area contributed by atoms with Crippen LogP contribution in [0.5, 0.6) is 0 Å². The predicted molar refractivity (Wildman–Crippen MR) is 116 cm³/mol. The van der Waals surface area contributed by atoms with Gasteiger partial charge in [-0.3, -0.25) is 9.80 Å². The van der Waals surface area contributed by atoms with Crippen LogP contribution < -0.4 is 5.32 Å². The van der Waals surface area contributed by atoms with Gasteiger partial charge in [0.2, 0.25) is 0 Å². The summed E-state index contributed by atoms with van der Waals surface area (Å²) in [6.45, 7) is 9.97. The number of hydrogen-bond acceptors (Lipinski definition) is 7. The van der Waals surface area contributed by atoms with Gasteiger partial charge in [-0.05, 0) is 20.9 Å². The minimum Gasteiger partial charge on any atom is -0.437 e. The van der Waals surface area contributed by atoms with Gasteiger partial charge in [0.15, 0.2) is 0 Å². The first-order valence-electron chi connectivity index (χ1n) is 10.5. The fourth-order valence-electron chi connectivity index (χ4n) is 3.85. The molecule has 0 unspecified atom stereocenters. The fourth-order valence-corrected chi connectivity index (χ4v) is 3.85. The van der Waals surface area contributed by atoms with Crippen LogP contribution in [0.15, 0.2) is 37.4 Å². The van der Waals surface area contributed by atoms with Gasteiger partial charge >= 0.3 is 7.05 Å². The second-order valence-corrected chi connectivity index (χ2v) is 8.12. The monoisotopic (exact) mass is 402 g/mol. The summed E-state index contributed by atoms with van der Waals surface area (Å²) in [6.07, 6.45) is 11.3. The second-order valence-electron chi connectivity index (χ2n) is 8.12. The normalized spacial score (nSPS) is 24.1. The van der Waals surface area contributed by atoms with E-state index >= 15 is 0 Å². The van der Waals surface area contributed by atoms with Crippen LogP contribution in [0, 0.1) is 0 Å². The Morgan fingerprint density at radius 3 is 2.14 bits per heavy atom. The van der Waals surface area contributed by atoms with Crippen molar-refractivity contribution in [2.45, 2.75) is 32.0 Å². The minimum absolute atomic E-state index is 0.348. The van der Waals surface area contributed by atoms with E-state index in [4.69, 9.17) is 0 Å². The Kier molecular flexibility index (Phi) is 8.25. The van der Waals surface area contributed by atoms with Crippen LogP contribution in [0.4, 0.5) is 0 Å². The van der Waals surface area contributed by atoms with Crippen molar-refractivity contribution in [2.75, 3.05) is 53.4 Å². The summed E-state index contributed by atoms with van der Waals surface area (Å²) in [5.41, 5.74) is 0. The van der Waals surface area contributed by atoms with Crippen molar-refractivity contribution in [3.05, 3.63) is 37.4 Å². The molecule has 160 valence electrons. The lowest BCUT2D eigenvalue weighted by atomic mass is 9.83. The highest BCUT2D eigenvalue weighted by Gasteiger charge is 2.28. The summed E-state index contributed by atoms with van der Waals surface area (Å²) >= 11 is 0. The molecule has 4 rings (SSSR count). The average Bonchev–Trinajstić information content (AvgIpc) is 3.40. The van der Waals surface area contributed by atoms with Crippen LogP contribution in [-0.4, -0.2) is 111 Å². The third kappa shape index (κ3) is 6.65. The Labute approximate surface area is 174 Å². The molecule has 2 N–H and O–H groups in total. The first-order valence-corrected chi connectivity index (χ1v) is 10.5. The van der Waals surface area contributed by atoms with Crippen LogP contribution >= 0.6 is 0 Å². The maximum absolute atomic E-state index is 9.60. The van der Waals surface area contributed by atoms with Gasteiger partial charge in [-0.25, -0.2) is 9.97 Å². The standard InChI is InChI=1S/C10H19BN4O.C9H16N4/c1-11(16)15-6-5-13(2)10(8-15)7-14-4-3-12-9-14;1-12-4-2-10-6-9(12)7-13-5-3-11-8-13/h3-4,9-10,16H,5-8H2,1-2H3;3,5,8-10H,2,4,6-7H2,1H3/t10-;9-/m01/s1. The van der Waals surface area contributed by atoms with E-state index in [-0.39, 0.29) is 7.05 Å². The van der Waals surface area contributed by atoms with Gasteiger partial charge in [0.05, 0.1) is 12.7 Å². The molecule has 10 heteroatoms. The predicted octanol–water partition coefficient (Wildman–Crippen LogP) is -0.604. The Morgan fingerprint density at radius 1 is 0.966 bits per heavy atom. The van der Waals surface area contributed by atoms with E-state index in [0.717, 1.165) is 52.4 Å². The molecule has 9 nitrogen and oxygen atoms in total. The Balaban J connectivity index is 0.000000169. The second kappa shape index (κ2) is 10.9. The molecule has 2 fully saturated rings. The quantitative estimate of drug-likeness (QED) is 0.647. The number of nitrogens with zero attached hydrogens (tertiary/aromatic N) is 7. The van der Waals surface area contributed by atoms with E-state index < -0.39 is 0 Å². The smallest absolute Gasteiger partial charge is 0.376 e. The molecule has 0 amide bonds. The molecule has 0 aromatic carbocycles. The van der Waals surface area contributed by atoms with E-state index in [9.17, 15) is 5.02 Å². The molecular formula is C19H35BN8O. The topological polar surface area (TPSA) is 77.6 Å². The molecule has 2 aromatic heterocycles. The summed E-state index contributed by atoms with van der Waals surface area (Å²) in [4.78, 5) is 14.9. The zero-order valence-corrected chi connectivity index (χ0v) is 17.9. The first kappa shape index (κ1) is 22.0. The van der Waals surface area contributed by atoms with Gasteiger partial charge in [0.1, 0.15) is 0 Å². The molecular weight excluding hydrogens is 367 g/mol. The Hall–Kier alpha value is -1.72. The molecule has 0 radical (unpaired) electrons. The number of piperazine rings is 2.